The molecule has 7 nitrogen and oxygen atoms in total. The van der Waals surface area contributed by atoms with Crippen LogP contribution in [0.4, 0.5) is 11.4 Å². The molecule has 2 aromatic rings. The van der Waals surface area contributed by atoms with Crippen LogP contribution < -0.4 is 19.1 Å². The van der Waals surface area contributed by atoms with Crippen LogP contribution in [0, 0.1) is 6.92 Å². The summed E-state index contributed by atoms with van der Waals surface area (Å²) in [7, 11) is -0.768. The molecule has 0 aliphatic carbocycles. The number of aryl methyl sites for hydroxylation is 1. The molecular weight excluding hydrogens is 368 g/mol. The van der Waals surface area contributed by atoms with Crippen molar-refractivity contribution < 1.29 is 22.7 Å². The van der Waals surface area contributed by atoms with Gasteiger partial charge in [-0.05, 0) is 43.7 Å². The fourth-order valence-corrected chi connectivity index (χ4v) is 3.87. The zero-order valence-corrected chi connectivity index (χ0v) is 16.8. The number of methoxy groups -OCH3 is 2. The molecule has 146 valence electrons. The third kappa shape index (κ3) is 4.91. The van der Waals surface area contributed by atoms with Crippen LogP contribution in [0.3, 0.4) is 0 Å². The van der Waals surface area contributed by atoms with E-state index in [0.29, 0.717) is 22.9 Å². The molecule has 0 aliphatic rings. The molecular formula is C19H24N2O5S. The Bertz CT molecular complexity index is 927. The Kier molecular flexibility index (Phi) is 6.32. The van der Waals surface area contributed by atoms with Gasteiger partial charge in [-0.25, -0.2) is 8.42 Å². The molecule has 2 aromatic carbocycles. The van der Waals surface area contributed by atoms with Gasteiger partial charge < -0.3 is 14.8 Å². The summed E-state index contributed by atoms with van der Waals surface area (Å²) in [6.45, 7) is 3.36. The molecule has 0 aliphatic heterocycles. The Morgan fingerprint density at radius 2 is 1.81 bits per heavy atom. The van der Waals surface area contributed by atoms with E-state index in [9.17, 15) is 13.2 Å². The molecule has 0 bridgehead atoms. The highest BCUT2D eigenvalue weighted by molar-refractivity contribution is 7.92. The first kappa shape index (κ1) is 20.6. The fraction of sp³-hybridized carbons (Fsp3) is 0.316. The largest absolute Gasteiger partial charge is 0.497 e. The van der Waals surface area contributed by atoms with Crippen LogP contribution in [0.1, 0.15) is 12.5 Å². The Morgan fingerprint density at radius 1 is 1.11 bits per heavy atom. The maximum atomic E-state index is 12.8. The second kappa shape index (κ2) is 8.30. The number of benzene rings is 2. The SMILES string of the molecule is COc1cccc(NC(=O)[C@@H](C)N(c2cc(C)ccc2OC)S(C)(=O)=O)c1. The molecule has 0 saturated heterocycles. The van der Waals surface area contributed by atoms with Crippen LogP contribution >= 0.6 is 0 Å². The zero-order chi connectivity index (χ0) is 20.2. The summed E-state index contributed by atoms with van der Waals surface area (Å²) in [5, 5.41) is 2.72. The van der Waals surface area contributed by atoms with Crippen LogP contribution in [0.25, 0.3) is 0 Å². The number of ether oxygens (including phenoxy) is 2. The highest BCUT2D eigenvalue weighted by atomic mass is 32.2. The van der Waals surface area contributed by atoms with Gasteiger partial charge in [0.2, 0.25) is 15.9 Å². The summed E-state index contributed by atoms with van der Waals surface area (Å²) >= 11 is 0. The second-order valence-corrected chi connectivity index (χ2v) is 7.99. The molecule has 27 heavy (non-hydrogen) atoms. The van der Waals surface area contributed by atoms with Crippen molar-refractivity contribution in [1.82, 2.24) is 0 Å². The molecule has 1 amide bonds. The molecule has 0 fully saturated rings. The molecule has 1 N–H and O–H groups in total. The number of anilines is 2. The Labute approximate surface area is 160 Å². The molecule has 0 heterocycles. The van der Waals surface area contributed by atoms with Gasteiger partial charge >= 0.3 is 0 Å². The maximum absolute atomic E-state index is 12.8. The lowest BCUT2D eigenvalue weighted by Crippen LogP contribution is -2.45. The maximum Gasteiger partial charge on any atom is 0.247 e. The normalized spacial score (nSPS) is 12.2. The van der Waals surface area contributed by atoms with Gasteiger partial charge in [0.1, 0.15) is 17.5 Å². The van der Waals surface area contributed by atoms with Gasteiger partial charge in [0.25, 0.3) is 0 Å². The lowest BCUT2D eigenvalue weighted by atomic mass is 10.2. The number of carbonyl (C=O) groups is 1. The molecule has 2 rings (SSSR count). The molecule has 1 atom stereocenters. The number of sulfonamides is 1. The third-order valence-corrected chi connectivity index (χ3v) is 5.23. The summed E-state index contributed by atoms with van der Waals surface area (Å²) in [4.78, 5) is 12.8. The number of nitrogens with zero attached hydrogens (tertiary/aromatic N) is 1. The Hall–Kier alpha value is -2.74. The number of nitrogens with one attached hydrogen (secondary N) is 1. The van der Waals surface area contributed by atoms with E-state index in [4.69, 9.17) is 9.47 Å². The molecule has 8 heteroatoms. The van der Waals surface area contributed by atoms with Crippen LogP contribution in [0.5, 0.6) is 11.5 Å². The van der Waals surface area contributed by atoms with E-state index < -0.39 is 22.0 Å². The van der Waals surface area contributed by atoms with Gasteiger partial charge in [-0.15, -0.1) is 0 Å². The smallest absolute Gasteiger partial charge is 0.247 e. The highest BCUT2D eigenvalue weighted by Crippen LogP contribution is 2.33. The number of hydrogen-bond acceptors (Lipinski definition) is 5. The minimum absolute atomic E-state index is 0.313. The topological polar surface area (TPSA) is 84.9 Å². The van der Waals surface area contributed by atoms with Crippen LogP contribution in [-0.4, -0.2) is 40.8 Å². The summed E-state index contributed by atoms with van der Waals surface area (Å²) in [6.07, 6.45) is 1.06. The number of amides is 1. The van der Waals surface area contributed by atoms with E-state index in [1.807, 2.05) is 13.0 Å². The first-order valence-electron chi connectivity index (χ1n) is 8.26. The van der Waals surface area contributed by atoms with Crippen LogP contribution in [0.15, 0.2) is 42.5 Å². The molecule has 0 saturated carbocycles. The first-order valence-corrected chi connectivity index (χ1v) is 10.1. The lowest BCUT2D eigenvalue weighted by Gasteiger charge is -2.29. The van der Waals surface area contributed by atoms with Gasteiger partial charge in [0, 0.05) is 11.8 Å². The molecule has 0 unspecified atom stereocenters. The Morgan fingerprint density at radius 3 is 2.41 bits per heavy atom. The van der Waals surface area contributed by atoms with E-state index in [0.717, 1.165) is 16.1 Å². The van der Waals surface area contributed by atoms with Crippen LogP contribution in [-0.2, 0) is 14.8 Å². The fourth-order valence-electron chi connectivity index (χ4n) is 2.70. The Balaban J connectivity index is 2.39. The van der Waals surface area contributed by atoms with Crippen molar-refractivity contribution in [2.75, 3.05) is 30.1 Å². The van der Waals surface area contributed by atoms with Gasteiger partial charge in [-0.2, -0.15) is 0 Å². The van der Waals surface area contributed by atoms with Crippen molar-refractivity contribution in [2.24, 2.45) is 0 Å². The minimum atomic E-state index is -3.75. The number of carbonyl (C=O) groups excluding carboxylic acids is 1. The van der Waals surface area contributed by atoms with E-state index in [1.165, 1.54) is 21.1 Å². The van der Waals surface area contributed by atoms with Crippen molar-refractivity contribution in [3.05, 3.63) is 48.0 Å². The summed E-state index contributed by atoms with van der Waals surface area (Å²) in [6, 6.07) is 11.0. The van der Waals surface area contributed by atoms with Crippen molar-refractivity contribution in [2.45, 2.75) is 19.9 Å². The molecule has 0 spiro atoms. The van der Waals surface area contributed by atoms with Gasteiger partial charge in [-0.1, -0.05) is 12.1 Å². The van der Waals surface area contributed by atoms with Gasteiger partial charge in [0.15, 0.2) is 0 Å². The van der Waals surface area contributed by atoms with Crippen molar-refractivity contribution in [3.8, 4) is 11.5 Å². The van der Waals surface area contributed by atoms with E-state index in [2.05, 4.69) is 5.32 Å². The standard InChI is InChI=1S/C19H24N2O5S/c1-13-9-10-18(26-4)17(11-13)21(27(5,23)24)14(2)19(22)20-15-7-6-8-16(12-15)25-3/h6-12,14H,1-5H3,(H,20,22)/t14-/m1/s1. The average molecular weight is 392 g/mol. The van der Waals surface area contributed by atoms with Crippen molar-refractivity contribution >= 4 is 27.3 Å². The average Bonchev–Trinajstić information content (AvgIpc) is 2.61. The van der Waals surface area contributed by atoms with Gasteiger partial charge in [0.05, 0.1) is 26.2 Å². The van der Waals surface area contributed by atoms with E-state index >= 15 is 0 Å². The molecule has 0 radical (unpaired) electrons. The lowest BCUT2D eigenvalue weighted by molar-refractivity contribution is -0.116. The monoisotopic (exact) mass is 392 g/mol. The van der Waals surface area contributed by atoms with E-state index in [1.54, 1.807) is 36.4 Å². The number of hydrogen-bond donors (Lipinski definition) is 1. The first-order chi connectivity index (χ1) is 12.7. The van der Waals surface area contributed by atoms with Gasteiger partial charge in [-0.3, -0.25) is 9.10 Å². The second-order valence-electron chi connectivity index (χ2n) is 6.13. The third-order valence-electron chi connectivity index (χ3n) is 4.00. The predicted molar refractivity (Wildman–Crippen MR) is 106 cm³/mol. The summed E-state index contributed by atoms with van der Waals surface area (Å²) in [5.41, 5.74) is 1.67. The van der Waals surface area contributed by atoms with Crippen LogP contribution in [0.2, 0.25) is 0 Å². The predicted octanol–water partition coefficient (Wildman–Crippen LogP) is 2.81. The molecule has 0 aromatic heterocycles. The zero-order valence-electron chi connectivity index (χ0n) is 16.0. The number of rotatable bonds is 7. The highest BCUT2D eigenvalue weighted by Gasteiger charge is 2.31. The van der Waals surface area contributed by atoms with Crippen molar-refractivity contribution in [3.63, 3.8) is 0 Å². The van der Waals surface area contributed by atoms with E-state index in [-0.39, 0.29) is 0 Å². The van der Waals surface area contributed by atoms with Crippen molar-refractivity contribution in [1.29, 1.82) is 0 Å². The summed E-state index contributed by atoms with van der Waals surface area (Å²) in [5.74, 6) is 0.477. The summed E-state index contributed by atoms with van der Waals surface area (Å²) < 4.78 is 36.5. The minimum Gasteiger partial charge on any atom is -0.497 e. The quantitative estimate of drug-likeness (QED) is 0.783.